The van der Waals surface area contributed by atoms with Crippen LogP contribution >= 0.6 is 12.2 Å². The topological polar surface area (TPSA) is 44.8 Å². The van der Waals surface area contributed by atoms with Crippen molar-refractivity contribution in [2.24, 2.45) is 0 Å². The molecule has 0 unspecified atom stereocenters. The van der Waals surface area contributed by atoms with Crippen molar-refractivity contribution in [3.8, 4) is 0 Å². The summed E-state index contributed by atoms with van der Waals surface area (Å²) in [5.41, 5.74) is 0.371. The smallest absolute Gasteiger partial charge is 0.251 e. The lowest BCUT2D eigenvalue weighted by atomic mass is 10.2. The number of nitrogens with zero attached hydrogens (tertiary/aromatic N) is 2. The average molecular weight is 337 g/mol. The Morgan fingerprint density at radius 3 is 2.57 bits per heavy atom. The molecule has 0 radical (unpaired) electrons. The number of nitrogens with one attached hydrogen (secondary N) is 1. The molecule has 23 heavy (non-hydrogen) atoms. The zero-order valence-corrected chi connectivity index (χ0v) is 13.7. The fourth-order valence-corrected chi connectivity index (χ4v) is 3.16. The summed E-state index contributed by atoms with van der Waals surface area (Å²) in [4.78, 5) is 16.1. The quantitative estimate of drug-likeness (QED) is 0.835. The Morgan fingerprint density at radius 2 is 1.91 bits per heavy atom. The van der Waals surface area contributed by atoms with E-state index in [0.29, 0.717) is 43.6 Å². The molecule has 0 bridgehead atoms. The van der Waals surface area contributed by atoms with Gasteiger partial charge < -0.3 is 19.9 Å². The van der Waals surface area contributed by atoms with Crippen molar-refractivity contribution in [3.63, 3.8) is 0 Å². The van der Waals surface area contributed by atoms with Crippen LogP contribution in [0.15, 0.2) is 24.3 Å². The van der Waals surface area contributed by atoms with E-state index in [4.69, 9.17) is 17.0 Å². The minimum atomic E-state index is -0.331. The van der Waals surface area contributed by atoms with Crippen LogP contribution in [-0.2, 0) is 9.53 Å². The van der Waals surface area contributed by atoms with Crippen LogP contribution in [-0.4, -0.2) is 59.7 Å². The molecule has 1 aromatic rings. The maximum Gasteiger partial charge on any atom is 0.251 e. The van der Waals surface area contributed by atoms with Gasteiger partial charge in [-0.05, 0) is 37.2 Å². The molecule has 2 saturated heterocycles. The predicted molar refractivity (Wildman–Crippen MR) is 89.7 cm³/mol. The molecule has 1 N–H and O–H groups in total. The van der Waals surface area contributed by atoms with Gasteiger partial charge in [-0.1, -0.05) is 12.1 Å². The summed E-state index contributed by atoms with van der Waals surface area (Å²) in [6.45, 7) is 3.17. The van der Waals surface area contributed by atoms with E-state index in [1.54, 1.807) is 18.2 Å². The van der Waals surface area contributed by atoms with Gasteiger partial charge in [0.2, 0.25) is 0 Å². The number of thiocarbonyl (C=S) groups is 1. The first kappa shape index (κ1) is 16.1. The minimum absolute atomic E-state index is 0.0788. The van der Waals surface area contributed by atoms with E-state index >= 15 is 0 Å². The summed E-state index contributed by atoms with van der Waals surface area (Å²) in [7, 11) is 0. The number of piperazine rings is 1. The molecule has 0 spiro atoms. The first-order valence-electron chi connectivity index (χ1n) is 7.86. The molecular weight excluding hydrogens is 317 g/mol. The van der Waals surface area contributed by atoms with E-state index in [1.165, 1.54) is 6.07 Å². The zero-order chi connectivity index (χ0) is 16.2. The standard InChI is InChI=1S/C16H20FN3O2S/c17-12-4-1-2-5-13(12)18-16(23)20-9-7-19(8-10-20)15(21)14-6-3-11-22-14/h1-2,4-5,14H,3,6-11H2,(H,18,23)/t14-/m0/s1. The van der Waals surface area contributed by atoms with Crippen LogP contribution in [0.1, 0.15) is 12.8 Å². The van der Waals surface area contributed by atoms with Gasteiger partial charge in [0, 0.05) is 32.8 Å². The van der Waals surface area contributed by atoms with Crippen LogP contribution in [0.25, 0.3) is 0 Å². The van der Waals surface area contributed by atoms with Crippen molar-refractivity contribution in [2.45, 2.75) is 18.9 Å². The highest BCUT2D eigenvalue weighted by molar-refractivity contribution is 7.80. The van der Waals surface area contributed by atoms with Crippen molar-refractivity contribution in [2.75, 3.05) is 38.1 Å². The van der Waals surface area contributed by atoms with Gasteiger partial charge in [0.25, 0.3) is 5.91 Å². The second-order valence-corrected chi connectivity index (χ2v) is 6.11. The minimum Gasteiger partial charge on any atom is -0.368 e. The third kappa shape index (κ3) is 3.79. The van der Waals surface area contributed by atoms with Gasteiger partial charge in [0.1, 0.15) is 11.9 Å². The molecule has 2 aliphatic rings. The summed E-state index contributed by atoms with van der Waals surface area (Å²) in [5.74, 6) is -0.253. The molecule has 2 aliphatic heterocycles. The number of carbonyl (C=O) groups excluding carboxylic acids is 1. The average Bonchev–Trinajstić information content (AvgIpc) is 3.11. The number of halogens is 1. The Morgan fingerprint density at radius 1 is 1.22 bits per heavy atom. The molecule has 124 valence electrons. The van der Waals surface area contributed by atoms with E-state index in [9.17, 15) is 9.18 Å². The first-order valence-corrected chi connectivity index (χ1v) is 8.27. The Kier molecular flexibility index (Phi) is 5.07. The van der Waals surface area contributed by atoms with E-state index in [0.717, 1.165) is 12.8 Å². The first-order chi connectivity index (χ1) is 11.1. The fourth-order valence-electron chi connectivity index (χ4n) is 2.86. The van der Waals surface area contributed by atoms with Crippen molar-refractivity contribution < 1.29 is 13.9 Å². The number of carbonyl (C=O) groups is 1. The Labute approximate surface area is 140 Å². The summed E-state index contributed by atoms with van der Waals surface area (Å²) >= 11 is 5.35. The third-order valence-corrected chi connectivity index (χ3v) is 4.56. The molecule has 3 rings (SSSR count). The Hall–Kier alpha value is -1.73. The SMILES string of the molecule is O=C([C@@H]1CCCO1)N1CCN(C(=S)Nc2ccccc2F)CC1. The fraction of sp³-hybridized carbons (Fsp3) is 0.500. The Balaban J connectivity index is 1.51. The van der Waals surface area contributed by atoms with Crippen LogP contribution in [0.5, 0.6) is 0 Å². The highest BCUT2D eigenvalue weighted by Gasteiger charge is 2.30. The number of hydrogen-bond acceptors (Lipinski definition) is 3. The number of benzene rings is 1. The van der Waals surface area contributed by atoms with Gasteiger partial charge in [0.15, 0.2) is 5.11 Å². The largest absolute Gasteiger partial charge is 0.368 e. The lowest BCUT2D eigenvalue weighted by Gasteiger charge is -2.37. The summed E-state index contributed by atoms with van der Waals surface area (Å²) in [6.07, 6.45) is 1.49. The van der Waals surface area contributed by atoms with Crippen LogP contribution in [0, 0.1) is 5.82 Å². The summed E-state index contributed by atoms with van der Waals surface area (Å²) in [6, 6.07) is 6.44. The summed E-state index contributed by atoms with van der Waals surface area (Å²) in [5, 5.41) is 3.42. The van der Waals surface area contributed by atoms with Gasteiger partial charge in [-0.15, -0.1) is 0 Å². The number of para-hydroxylation sites is 1. The molecule has 5 nitrogen and oxygen atoms in total. The van der Waals surface area contributed by atoms with Crippen LogP contribution in [0.3, 0.4) is 0 Å². The normalized spacial score (nSPS) is 21.3. The molecule has 2 heterocycles. The number of hydrogen-bond donors (Lipinski definition) is 1. The van der Waals surface area contributed by atoms with Crippen molar-refractivity contribution >= 4 is 28.9 Å². The van der Waals surface area contributed by atoms with Crippen molar-refractivity contribution in [1.29, 1.82) is 0 Å². The number of rotatable bonds is 2. The van der Waals surface area contributed by atoms with Gasteiger partial charge >= 0.3 is 0 Å². The molecule has 7 heteroatoms. The van der Waals surface area contributed by atoms with E-state index < -0.39 is 0 Å². The lowest BCUT2D eigenvalue weighted by Crippen LogP contribution is -2.53. The van der Waals surface area contributed by atoms with E-state index in [-0.39, 0.29) is 17.8 Å². The molecule has 1 atom stereocenters. The maximum atomic E-state index is 13.7. The molecule has 0 saturated carbocycles. The van der Waals surface area contributed by atoms with Crippen molar-refractivity contribution in [3.05, 3.63) is 30.1 Å². The monoisotopic (exact) mass is 337 g/mol. The van der Waals surface area contributed by atoms with Gasteiger partial charge in [-0.25, -0.2) is 4.39 Å². The van der Waals surface area contributed by atoms with E-state index in [1.807, 2.05) is 9.80 Å². The second kappa shape index (κ2) is 7.23. The highest BCUT2D eigenvalue weighted by atomic mass is 32.1. The zero-order valence-electron chi connectivity index (χ0n) is 12.8. The second-order valence-electron chi connectivity index (χ2n) is 5.72. The molecular formula is C16H20FN3O2S. The van der Waals surface area contributed by atoms with Crippen LogP contribution in [0.2, 0.25) is 0 Å². The van der Waals surface area contributed by atoms with Gasteiger partial charge in [-0.2, -0.15) is 0 Å². The summed E-state index contributed by atoms with van der Waals surface area (Å²) < 4.78 is 19.1. The molecule has 1 amide bonds. The molecule has 0 aromatic heterocycles. The number of amides is 1. The van der Waals surface area contributed by atoms with Crippen LogP contribution < -0.4 is 5.32 Å². The Bertz CT molecular complexity index is 584. The van der Waals surface area contributed by atoms with Crippen molar-refractivity contribution in [1.82, 2.24) is 9.80 Å². The molecule has 1 aromatic carbocycles. The lowest BCUT2D eigenvalue weighted by molar-refractivity contribution is -0.142. The highest BCUT2D eigenvalue weighted by Crippen LogP contribution is 2.17. The van der Waals surface area contributed by atoms with Crippen LogP contribution in [0.4, 0.5) is 10.1 Å². The van der Waals surface area contributed by atoms with Gasteiger partial charge in [-0.3, -0.25) is 4.79 Å². The van der Waals surface area contributed by atoms with E-state index in [2.05, 4.69) is 5.32 Å². The van der Waals surface area contributed by atoms with Gasteiger partial charge in [0.05, 0.1) is 5.69 Å². The third-order valence-electron chi connectivity index (χ3n) is 4.20. The molecule has 0 aliphatic carbocycles. The number of anilines is 1. The molecule has 2 fully saturated rings. The number of ether oxygens (including phenoxy) is 1. The maximum absolute atomic E-state index is 13.7. The predicted octanol–water partition coefficient (Wildman–Crippen LogP) is 1.85.